The first-order chi connectivity index (χ1) is 9.85. The molecule has 0 radical (unpaired) electrons. The molecule has 0 aromatic heterocycles. The number of aryl methyl sites for hydroxylation is 1. The van der Waals surface area contributed by atoms with E-state index in [0.717, 1.165) is 41.8 Å². The molecule has 2 aromatic rings. The second kappa shape index (κ2) is 5.78. The fraction of sp³-hybridized carbons (Fsp3) is 0.235. The van der Waals surface area contributed by atoms with Crippen LogP contribution in [0.2, 0.25) is 0 Å². The van der Waals surface area contributed by atoms with E-state index in [1.807, 2.05) is 48.5 Å². The normalized spacial score (nSPS) is 16.9. The molecule has 0 amide bonds. The molecule has 0 fully saturated rings. The highest BCUT2D eigenvalue weighted by Crippen LogP contribution is 2.31. The van der Waals surface area contributed by atoms with E-state index in [9.17, 15) is 4.79 Å². The van der Waals surface area contributed by atoms with Crippen LogP contribution in [0, 0.1) is 0 Å². The second-order valence-electron chi connectivity index (χ2n) is 4.87. The van der Waals surface area contributed by atoms with Crippen LogP contribution in [0.4, 0.5) is 0 Å². The molecule has 2 aromatic carbocycles. The molecule has 0 aliphatic carbocycles. The van der Waals surface area contributed by atoms with Crippen LogP contribution >= 0.6 is 0 Å². The molecule has 1 aliphatic heterocycles. The third-order valence-corrected chi connectivity index (χ3v) is 3.42. The first-order valence-corrected chi connectivity index (χ1v) is 6.77. The van der Waals surface area contributed by atoms with Gasteiger partial charge in [-0.1, -0.05) is 36.4 Å². The summed E-state index contributed by atoms with van der Waals surface area (Å²) in [6.07, 6.45) is 2.16. The molecular formula is C17H16O3. The predicted octanol–water partition coefficient (Wildman–Crippen LogP) is 3.16. The zero-order valence-corrected chi connectivity index (χ0v) is 11.1. The zero-order valence-electron chi connectivity index (χ0n) is 11.1. The number of carbonyl (C=O) groups excluding carboxylic acids is 1. The lowest BCUT2D eigenvalue weighted by Crippen LogP contribution is -2.23. The summed E-state index contributed by atoms with van der Waals surface area (Å²) in [5.41, 5.74) is 2.26. The molecule has 0 bridgehead atoms. The van der Waals surface area contributed by atoms with Crippen LogP contribution in [-0.2, 0) is 17.8 Å². The largest absolute Gasteiger partial charge is 0.489 e. The number of hydrogen-bond donors (Lipinski definition) is 0. The first kappa shape index (κ1) is 12.7. The van der Waals surface area contributed by atoms with E-state index in [-0.39, 0.29) is 6.10 Å². The predicted molar refractivity (Wildman–Crippen MR) is 76.0 cm³/mol. The van der Waals surface area contributed by atoms with Gasteiger partial charge in [0.2, 0.25) is 0 Å². The summed E-state index contributed by atoms with van der Waals surface area (Å²) in [5.74, 6) is 1.53. The monoisotopic (exact) mass is 268 g/mol. The topological polar surface area (TPSA) is 35.5 Å². The van der Waals surface area contributed by atoms with Crippen LogP contribution < -0.4 is 9.47 Å². The van der Waals surface area contributed by atoms with Crippen molar-refractivity contribution in [2.45, 2.75) is 25.6 Å². The van der Waals surface area contributed by atoms with Crippen LogP contribution in [0.15, 0.2) is 48.5 Å². The number of hydrogen-bond acceptors (Lipinski definition) is 3. The minimum absolute atomic E-state index is 0.327. The number of fused-ring (bicyclic) bond motifs is 1. The average molecular weight is 268 g/mol. The fourth-order valence-corrected chi connectivity index (χ4v) is 2.30. The maximum absolute atomic E-state index is 10.8. The quantitative estimate of drug-likeness (QED) is 0.799. The van der Waals surface area contributed by atoms with Gasteiger partial charge in [-0.3, -0.25) is 4.79 Å². The molecule has 0 saturated heterocycles. The highest BCUT2D eigenvalue weighted by molar-refractivity contribution is 5.58. The molecule has 0 unspecified atom stereocenters. The Hall–Kier alpha value is -2.29. The smallest absolute Gasteiger partial charge is 0.160 e. The molecule has 102 valence electrons. The number of rotatable bonds is 4. The van der Waals surface area contributed by atoms with E-state index in [2.05, 4.69) is 0 Å². The zero-order chi connectivity index (χ0) is 13.8. The molecule has 20 heavy (non-hydrogen) atoms. The lowest BCUT2D eigenvalue weighted by molar-refractivity contribution is -0.114. The number of benzene rings is 2. The van der Waals surface area contributed by atoms with E-state index in [1.54, 1.807) is 0 Å². The van der Waals surface area contributed by atoms with E-state index in [1.165, 1.54) is 0 Å². The van der Waals surface area contributed by atoms with Gasteiger partial charge in [-0.05, 0) is 30.0 Å². The summed E-state index contributed by atoms with van der Waals surface area (Å²) < 4.78 is 11.4. The number of ether oxygens (including phenoxy) is 2. The van der Waals surface area contributed by atoms with Crippen LogP contribution in [0.25, 0.3) is 0 Å². The minimum Gasteiger partial charge on any atom is -0.489 e. The van der Waals surface area contributed by atoms with Crippen molar-refractivity contribution in [2.24, 2.45) is 0 Å². The SMILES string of the molecule is O=C[C@H]1CCc2ccc(OCc3ccccc3)cc2O1. The maximum atomic E-state index is 10.8. The van der Waals surface area contributed by atoms with Crippen molar-refractivity contribution in [1.29, 1.82) is 0 Å². The Labute approximate surface area is 118 Å². The van der Waals surface area contributed by atoms with E-state index in [4.69, 9.17) is 9.47 Å². The molecule has 1 aliphatic rings. The van der Waals surface area contributed by atoms with Gasteiger partial charge in [-0.2, -0.15) is 0 Å². The Morgan fingerprint density at radius 1 is 1.20 bits per heavy atom. The molecule has 3 rings (SSSR count). The molecule has 0 spiro atoms. The van der Waals surface area contributed by atoms with E-state index >= 15 is 0 Å². The van der Waals surface area contributed by atoms with Crippen molar-refractivity contribution >= 4 is 6.29 Å². The lowest BCUT2D eigenvalue weighted by Gasteiger charge is -2.22. The van der Waals surface area contributed by atoms with Crippen molar-refractivity contribution in [2.75, 3.05) is 0 Å². The number of carbonyl (C=O) groups is 1. The van der Waals surface area contributed by atoms with Crippen molar-refractivity contribution in [1.82, 2.24) is 0 Å². The fourth-order valence-electron chi connectivity index (χ4n) is 2.30. The van der Waals surface area contributed by atoms with E-state index in [0.29, 0.717) is 6.61 Å². The molecule has 3 nitrogen and oxygen atoms in total. The van der Waals surface area contributed by atoms with Crippen LogP contribution in [0.5, 0.6) is 11.5 Å². The second-order valence-corrected chi connectivity index (χ2v) is 4.87. The first-order valence-electron chi connectivity index (χ1n) is 6.77. The third-order valence-electron chi connectivity index (χ3n) is 3.42. The highest BCUT2D eigenvalue weighted by Gasteiger charge is 2.19. The summed E-state index contributed by atoms with van der Waals surface area (Å²) in [6, 6.07) is 15.8. The Morgan fingerprint density at radius 2 is 2.05 bits per heavy atom. The summed E-state index contributed by atoms with van der Waals surface area (Å²) in [4.78, 5) is 10.8. The summed E-state index contributed by atoms with van der Waals surface area (Å²) in [5, 5.41) is 0. The van der Waals surface area contributed by atoms with Gasteiger partial charge < -0.3 is 9.47 Å². The molecule has 0 saturated carbocycles. The van der Waals surface area contributed by atoms with Crippen molar-refractivity contribution in [3.05, 3.63) is 59.7 Å². The Balaban J connectivity index is 1.70. The Kier molecular flexibility index (Phi) is 3.68. The molecule has 1 atom stereocenters. The van der Waals surface area contributed by atoms with Gasteiger partial charge in [0.15, 0.2) is 12.4 Å². The van der Waals surface area contributed by atoms with Crippen molar-refractivity contribution in [3.8, 4) is 11.5 Å². The molecule has 3 heteroatoms. The van der Waals surface area contributed by atoms with Crippen LogP contribution in [0.3, 0.4) is 0 Å². The highest BCUT2D eigenvalue weighted by atomic mass is 16.5. The Bertz CT molecular complexity index is 592. The van der Waals surface area contributed by atoms with Crippen LogP contribution in [-0.4, -0.2) is 12.4 Å². The van der Waals surface area contributed by atoms with Gasteiger partial charge in [0, 0.05) is 6.07 Å². The molecule has 0 N–H and O–H groups in total. The maximum Gasteiger partial charge on any atom is 0.160 e. The number of aldehydes is 1. The van der Waals surface area contributed by atoms with Gasteiger partial charge in [-0.15, -0.1) is 0 Å². The molecule has 1 heterocycles. The summed E-state index contributed by atoms with van der Waals surface area (Å²) in [6.45, 7) is 0.525. The van der Waals surface area contributed by atoms with Gasteiger partial charge in [-0.25, -0.2) is 0 Å². The summed E-state index contributed by atoms with van der Waals surface area (Å²) >= 11 is 0. The third kappa shape index (κ3) is 2.82. The van der Waals surface area contributed by atoms with Gasteiger partial charge in [0.05, 0.1) is 0 Å². The minimum atomic E-state index is -0.327. The van der Waals surface area contributed by atoms with Gasteiger partial charge in [0.25, 0.3) is 0 Å². The van der Waals surface area contributed by atoms with Crippen molar-refractivity contribution in [3.63, 3.8) is 0 Å². The average Bonchev–Trinajstić information content (AvgIpc) is 2.53. The van der Waals surface area contributed by atoms with Gasteiger partial charge >= 0.3 is 0 Å². The summed E-state index contributed by atoms with van der Waals surface area (Å²) in [7, 11) is 0. The van der Waals surface area contributed by atoms with E-state index < -0.39 is 0 Å². The lowest BCUT2D eigenvalue weighted by atomic mass is 10.0. The molecular weight excluding hydrogens is 252 g/mol. The Morgan fingerprint density at radius 3 is 2.85 bits per heavy atom. The van der Waals surface area contributed by atoms with Gasteiger partial charge in [0.1, 0.15) is 18.1 Å². The van der Waals surface area contributed by atoms with Crippen LogP contribution in [0.1, 0.15) is 17.5 Å². The van der Waals surface area contributed by atoms with Crippen molar-refractivity contribution < 1.29 is 14.3 Å². The standard InChI is InChI=1S/C17H16O3/c18-11-16-9-7-14-6-8-15(10-17(14)20-16)19-12-13-4-2-1-3-5-13/h1-6,8,10-11,16H,7,9,12H2/t16-/m1/s1.